The van der Waals surface area contributed by atoms with Crippen molar-refractivity contribution in [3.05, 3.63) is 35.4 Å². The van der Waals surface area contributed by atoms with Gasteiger partial charge in [-0.25, -0.2) is 0 Å². The first-order valence-corrected chi connectivity index (χ1v) is 7.31. The summed E-state index contributed by atoms with van der Waals surface area (Å²) in [5.74, 6) is 0.151. The molecule has 4 nitrogen and oxygen atoms in total. The van der Waals surface area contributed by atoms with E-state index in [-0.39, 0.29) is 24.5 Å². The van der Waals surface area contributed by atoms with Crippen molar-refractivity contribution in [1.82, 2.24) is 10.2 Å². The first-order chi connectivity index (χ1) is 9.61. The molecule has 0 saturated carbocycles. The Morgan fingerprint density at radius 2 is 2.05 bits per heavy atom. The number of hydrogen-bond donors (Lipinski definition) is 2. The van der Waals surface area contributed by atoms with Crippen LogP contribution in [0.4, 0.5) is 0 Å². The lowest BCUT2D eigenvalue weighted by molar-refractivity contribution is -0.126. The number of aliphatic hydroxyl groups excluding tert-OH is 1. The van der Waals surface area contributed by atoms with Gasteiger partial charge in [-0.1, -0.05) is 31.2 Å². The molecule has 1 aromatic rings. The fourth-order valence-electron chi connectivity index (χ4n) is 2.50. The van der Waals surface area contributed by atoms with Crippen LogP contribution < -0.4 is 5.32 Å². The molecular formula is C16H24N2O2. The molecule has 0 saturated heterocycles. The maximum absolute atomic E-state index is 12.1. The zero-order valence-corrected chi connectivity index (χ0v) is 12.3. The summed E-state index contributed by atoms with van der Waals surface area (Å²) in [5, 5.41) is 11.9. The lowest BCUT2D eigenvalue weighted by atomic mass is 9.99. The first kappa shape index (κ1) is 15.0. The van der Waals surface area contributed by atoms with Crippen LogP contribution in [0.15, 0.2) is 24.3 Å². The van der Waals surface area contributed by atoms with Crippen LogP contribution in [0.5, 0.6) is 0 Å². The maximum Gasteiger partial charge on any atom is 0.237 e. The molecule has 4 heteroatoms. The predicted molar refractivity (Wildman–Crippen MR) is 79.3 cm³/mol. The molecule has 20 heavy (non-hydrogen) atoms. The van der Waals surface area contributed by atoms with Gasteiger partial charge in [0.2, 0.25) is 5.91 Å². The second-order valence-corrected chi connectivity index (χ2v) is 5.70. The minimum Gasteiger partial charge on any atom is -0.396 e. The molecule has 1 heterocycles. The number of carbonyl (C=O) groups excluding carboxylic acids is 1. The zero-order chi connectivity index (χ0) is 14.5. The van der Waals surface area contributed by atoms with Crippen LogP contribution in [0.2, 0.25) is 0 Å². The van der Waals surface area contributed by atoms with Gasteiger partial charge in [-0.15, -0.1) is 0 Å². The Morgan fingerprint density at radius 3 is 2.75 bits per heavy atom. The lowest BCUT2D eigenvalue weighted by Crippen LogP contribution is -2.47. The molecule has 0 fully saturated rings. The van der Waals surface area contributed by atoms with Crippen molar-refractivity contribution < 1.29 is 9.90 Å². The van der Waals surface area contributed by atoms with Crippen LogP contribution >= 0.6 is 0 Å². The fourth-order valence-corrected chi connectivity index (χ4v) is 2.50. The second kappa shape index (κ2) is 6.86. The van der Waals surface area contributed by atoms with Gasteiger partial charge in [-0.3, -0.25) is 9.69 Å². The van der Waals surface area contributed by atoms with Crippen molar-refractivity contribution in [1.29, 1.82) is 0 Å². The van der Waals surface area contributed by atoms with Gasteiger partial charge in [0.25, 0.3) is 0 Å². The minimum atomic E-state index is -0.130. The molecule has 0 bridgehead atoms. The summed E-state index contributed by atoms with van der Waals surface area (Å²) < 4.78 is 0. The lowest BCUT2D eigenvalue weighted by Gasteiger charge is -2.33. The molecule has 0 radical (unpaired) electrons. The van der Waals surface area contributed by atoms with Gasteiger partial charge >= 0.3 is 0 Å². The van der Waals surface area contributed by atoms with Crippen molar-refractivity contribution in [2.75, 3.05) is 19.7 Å². The second-order valence-electron chi connectivity index (χ2n) is 5.70. The van der Waals surface area contributed by atoms with E-state index in [4.69, 9.17) is 5.11 Å². The van der Waals surface area contributed by atoms with Gasteiger partial charge in [0.05, 0.1) is 6.04 Å². The molecule has 2 N–H and O–H groups in total. The van der Waals surface area contributed by atoms with Gasteiger partial charge in [0.15, 0.2) is 0 Å². The van der Waals surface area contributed by atoms with Crippen LogP contribution in [0.3, 0.4) is 0 Å². The number of nitrogens with one attached hydrogen (secondary N) is 1. The van der Waals surface area contributed by atoms with Gasteiger partial charge in [-0.2, -0.15) is 0 Å². The summed E-state index contributed by atoms with van der Waals surface area (Å²) in [7, 11) is 0. The highest BCUT2D eigenvalue weighted by Gasteiger charge is 2.25. The number of fused-ring (bicyclic) bond motifs is 1. The molecule has 0 spiro atoms. The van der Waals surface area contributed by atoms with Crippen LogP contribution in [-0.2, 0) is 17.8 Å². The molecule has 110 valence electrons. The smallest absolute Gasteiger partial charge is 0.237 e. The number of aliphatic hydroxyl groups is 1. The van der Waals surface area contributed by atoms with Crippen molar-refractivity contribution in [2.24, 2.45) is 5.92 Å². The van der Waals surface area contributed by atoms with Crippen molar-refractivity contribution in [3.63, 3.8) is 0 Å². The number of benzene rings is 1. The summed E-state index contributed by atoms with van der Waals surface area (Å²) in [4.78, 5) is 14.3. The van der Waals surface area contributed by atoms with Crippen molar-refractivity contribution >= 4 is 5.91 Å². The van der Waals surface area contributed by atoms with Gasteiger partial charge < -0.3 is 10.4 Å². The molecule has 2 rings (SSSR count). The van der Waals surface area contributed by atoms with E-state index >= 15 is 0 Å². The Kier molecular flexibility index (Phi) is 5.15. The maximum atomic E-state index is 12.1. The third-order valence-electron chi connectivity index (χ3n) is 4.02. The van der Waals surface area contributed by atoms with E-state index in [2.05, 4.69) is 34.5 Å². The Labute approximate surface area is 120 Å². The number of rotatable bonds is 5. The van der Waals surface area contributed by atoms with E-state index in [1.54, 1.807) is 0 Å². The molecule has 1 aliphatic rings. The Hall–Kier alpha value is -1.39. The average Bonchev–Trinajstić information content (AvgIpc) is 2.50. The third kappa shape index (κ3) is 3.58. The Bertz CT molecular complexity index is 462. The highest BCUT2D eigenvalue weighted by molar-refractivity contribution is 5.81. The van der Waals surface area contributed by atoms with Crippen molar-refractivity contribution in [3.8, 4) is 0 Å². The molecule has 0 aliphatic carbocycles. The van der Waals surface area contributed by atoms with Crippen LogP contribution in [0.25, 0.3) is 0 Å². The minimum absolute atomic E-state index is 0.0460. The zero-order valence-electron chi connectivity index (χ0n) is 12.3. The highest BCUT2D eigenvalue weighted by Crippen LogP contribution is 2.20. The third-order valence-corrected chi connectivity index (χ3v) is 4.02. The summed E-state index contributed by atoms with van der Waals surface area (Å²) in [6.45, 7) is 6.26. The molecule has 1 aromatic carbocycles. The Balaban J connectivity index is 1.90. The molecule has 1 aliphatic heterocycles. The van der Waals surface area contributed by atoms with E-state index in [1.165, 1.54) is 11.1 Å². The Morgan fingerprint density at radius 1 is 1.35 bits per heavy atom. The largest absolute Gasteiger partial charge is 0.396 e. The number of nitrogens with zero attached hydrogens (tertiary/aromatic N) is 1. The van der Waals surface area contributed by atoms with E-state index < -0.39 is 0 Å². The topological polar surface area (TPSA) is 52.6 Å². The monoisotopic (exact) mass is 276 g/mol. The van der Waals surface area contributed by atoms with E-state index in [0.717, 1.165) is 19.5 Å². The van der Waals surface area contributed by atoms with E-state index in [1.807, 2.05) is 13.8 Å². The van der Waals surface area contributed by atoms with Crippen LogP contribution in [0.1, 0.15) is 25.0 Å². The molecule has 2 atom stereocenters. The molecular weight excluding hydrogens is 252 g/mol. The van der Waals surface area contributed by atoms with Crippen molar-refractivity contribution in [2.45, 2.75) is 32.9 Å². The number of amides is 1. The van der Waals surface area contributed by atoms with E-state index in [9.17, 15) is 4.79 Å². The fraction of sp³-hybridized carbons (Fsp3) is 0.562. The van der Waals surface area contributed by atoms with Crippen LogP contribution in [-0.4, -0.2) is 41.7 Å². The van der Waals surface area contributed by atoms with Crippen LogP contribution in [0, 0.1) is 5.92 Å². The summed E-state index contributed by atoms with van der Waals surface area (Å²) in [5.41, 5.74) is 2.72. The molecule has 2 unspecified atom stereocenters. The standard InChI is InChI=1S/C16H24N2O2/c1-12(11-19)9-17-16(20)13(2)18-8-7-14-5-3-4-6-15(14)10-18/h3-6,12-13,19H,7-11H2,1-2H3,(H,17,20). The molecule has 0 aromatic heterocycles. The van der Waals surface area contributed by atoms with Gasteiger partial charge in [-0.05, 0) is 30.4 Å². The summed E-state index contributed by atoms with van der Waals surface area (Å²) in [6, 6.07) is 8.30. The quantitative estimate of drug-likeness (QED) is 0.849. The van der Waals surface area contributed by atoms with E-state index in [0.29, 0.717) is 6.54 Å². The first-order valence-electron chi connectivity index (χ1n) is 7.31. The summed E-state index contributed by atoms with van der Waals surface area (Å²) >= 11 is 0. The number of carbonyl (C=O) groups is 1. The van der Waals surface area contributed by atoms with Gasteiger partial charge in [0, 0.05) is 26.2 Å². The van der Waals surface area contributed by atoms with Gasteiger partial charge in [0.1, 0.15) is 0 Å². The molecule has 1 amide bonds. The average molecular weight is 276 g/mol. The summed E-state index contributed by atoms with van der Waals surface area (Å²) in [6.07, 6.45) is 1.00. The SMILES string of the molecule is CC(CO)CNC(=O)C(C)N1CCc2ccccc2C1. The predicted octanol–water partition coefficient (Wildman–Crippen LogP) is 1.18. The highest BCUT2D eigenvalue weighted by atomic mass is 16.3. The normalized spacial score (nSPS) is 18.1. The number of hydrogen-bond acceptors (Lipinski definition) is 3.